The van der Waals surface area contributed by atoms with Crippen molar-refractivity contribution in [2.45, 2.75) is 41.5 Å². The summed E-state index contributed by atoms with van der Waals surface area (Å²) in [6.45, 7) is 20.3. The van der Waals surface area contributed by atoms with Crippen molar-refractivity contribution in [1.82, 2.24) is 0 Å². The Bertz CT molecular complexity index is 989. The second kappa shape index (κ2) is 11.7. The van der Waals surface area contributed by atoms with Gasteiger partial charge in [0.25, 0.3) is 0 Å². The fraction of sp³-hybridized carbons (Fsp3) is 0.222. The van der Waals surface area contributed by atoms with E-state index < -0.39 is 0 Å². The van der Waals surface area contributed by atoms with Gasteiger partial charge in [-0.25, -0.2) is 0 Å². The predicted octanol–water partition coefficient (Wildman–Crippen LogP) is 6.21. The van der Waals surface area contributed by atoms with Crippen molar-refractivity contribution in [3.05, 3.63) is 107 Å². The van der Waals surface area contributed by atoms with Crippen LogP contribution in [-0.2, 0) is 0 Å². The van der Waals surface area contributed by atoms with Gasteiger partial charge in [0.1, 0.15) is 0 Å². The standard InChI is InChI=1S/C27H33N/c1-9-15-21(6)22(7)25-17-13-14-18-26(25)27(23(8)28-19-11-3)24(16-10-2)20(5)12-4/h9-19H,1-2H2,3-8H3/b19-11+,20-12-,21-15+,24-16?,25-22+,27-26+,28-23-. The first kappa shape index (κ1) is 23.1. The maximum absolute atomic E-state index is 4.68. The molecule has 1 aromatic rings. The van der Waals surface area contributed by atoms with Gasteiger partial charge < -0.3 is 0 Å². The molecule has 146 valence electrons. The van der Waals surface area contributed by atoms with E-state index in [0.29, 0.717) is 0 Å². The summed E-state index contributed by atoms with van der Waals surface area (Å²) < 4.78 is 0. The molecule has 0 aromatic heterocycles. The molecule has 0 N–H and O–H groups in total. The van der Waals surface area contributed by atoms with Crippen LogP contribution in [0.1, 0.15) is 41.5 Å². The van der Waals surface area contributed by atoms with Gasteiger partial charge in [0.15, 0.2) is 0 Å². The highest BCUT2D eigenvalue weighted by molar-refractivity contribution is 6.23. The van der Waals surface area contributed by atoms with Gasteiger partial charge in [0, 0.05) is 17.5 Å². The summed E-state index contributed by atoms with van der Waals surface area (Å²) in [6.07, 6.45) is 13.7. The van der Waals surface area contributed by atoms with Crippen LogP contribution in [-0.4, -0.2) is 5.71 Å². The number of rotatable bonds is 7. The molecular weight excluding hydrogens is 338 g/mol. The third-order valence-corrected chi connectivity index (χ3v) is 4.75. The Labute approximate surface area is 170 Å². The molecule has 0 amide bonds. The van der Waals surface area contributed by atoms with Gasteiger partial charge in [0.05, 0.1) is 0 Å². The molecule has 1 rings (SSSR count). The van der Waals surface area contributed by atoms with Crippen molar-refractivity contribution in [1.29, 1.82) is 0 Å². The summed E-state index contributed by atoms with van der Waals surface area (Å²) in [5.74, 6) is 0. The molecule has 0 saturated heterocycles. The van der Waals surface area contributed by atoms with Crippen LogP contribution in [0.15, 0.2) is 102 Å². The van der Waals surface area contributed by atoms with Crippen molar-refractivity contribution in [2.24, 2.45) is 4.99 Å². The van der Waals surface area contributed by atoms with Crippen LogP contribution in [0.5, 0.6) is 0 Å². The van der Waals surface area contributed by atoms with Crippen molar-refractivity contribution in [2.75, 3.05) is 0 Å². The molecule has 1 aromatic carbocycles. The van der Waals surface area contributed by atoms with Crippen LogP contribution in [0, 0.1) is 0 Å². The molecule has 1 heteroatoms. The van der Waals surface area contributed by atoms with Gasteiger partial charge in [-0.2, -0.15) is 0 Å². The van der Waals surface area contributed by atoms with Crippen LogP contribution in [0.4, 0.5) is 0 Å². The average Bonchev–Trinajstić information content (AvgIpc) is 2.71. The van der Waals surface area contributed by atoms with Crippen molar-refractivity contribution < 1.29 is 0 Å². The molecule has 0 aliphatic carbocycles. The molecule has 0 aliphatic heterocycles. The lowest BCUT2D eigenvalue weighted by Crippen LogP contribution is -2.31. The smallest absolute Gasteiger partial charge is 0.0457 e. The molecular formula is C27H33N. The highest BCUT2D eigenvalue weighted by Gasteiger charge is 2.12. The fourth-order valence-corrected chi connectivity index (χ4v) is 3.01. The summed E-state index contributed by atoms with van der Waals surface area (Å²) in [4.78, 5) is 4.68. The topological polar surface area (TPSA) is 12.4 Å². The van der Waals surface area contributed by atoms with Crippen molar-refractivity contribution in [3.8, 4) is 0 Å². The Hall–Kier alpha value is -2.93. The minimum atomic E-state index is 0.970. The number of benzene rings is 1. The lowest BCUT2D eigenvalue weighted by atomic mass is 9.91. The van der Waals surface area contributed by atoms with E-state index >= 15 is 0 Å². The monoisotopic (exact) mass is 371 g/mol. The van der Waals surface area contributed by atoms with Gasteiger partial charge in [-0.1, -0.05) is 73.9 Å². The number of hydrogen-bond acceptors (Lipinski definition) is 1. The molecule has 28 heavy (non-hydrogen) atoms. The van der Waals surface area contributed by atoms with Gasteiger partial charge in [-0.3, -0.25) is 4.99 Å². The highest BCUT2D eigenvalue weighted by Crippen LogP contribution is 2.21. The number of allylic oxidation sites excluding steroid dienone is 9. The lowest BCUT2D eigenvalue weighted by Gasteiger charge is -2.14. The molecule has 0 atom stereocenters. The van der Waals surface area contributed by atoms with E-state index in [1.165, 1.54) is 21.9 Å². The zero-order valence-corrected chi connectivity index (χ0v) is 18.2. The summed E-state index contributed by atoms with van der Waals surface area (Å²) in [5, 5.41) is 2.36. The molecule has 0 fully saturated rings. The maximum atomic E-state index is 4.68. The molecule has 0 unspecified atom stereocenters. The largest absolute Gasteiger partial charge is 0.261 e. The second-order valence-electron chi connectivity index (χ2n) is 6.62. The van der Waals surface area contributed by atoms with E-state index in [2.05, 4.69) is 89.2 Å². The van der Waals surface area contributed by atoms with Crippen LogP contribution in [0.2, 0.25) is 0 Å². The fourth-order valence-electron chi connectivity index (χ4n) is 3.01. The Kier molecular flexibility index (Phi) is 9.67. The van der Waals surface area contributed by atoms with Gasteiger partial charge >= 0.3 is 0 Å². The molecule has 0 saturated carbocycles. The second-order valence-corrected chi connectivity index (χ2v) is 6.62. The zero-order chi connectivity index (χ0) is 21.1. The van der Waals surface area contributed by atoms with E-state index in [9.17, 15) is 0 Å². The summed E-state index contributed by atoms with van der Waals surface area (Å²) >= 11 is 0. The molecule has 0 heterocycles. The van der Waals surface area contributed by atoms with Crippen molar-refractivity contribution in [3.63, 3.8) is 0 Å². The quantitative estimate of drug-likeness (QED) is 0.399. The summed E-state index contributed by atoms with van der Waals surface area (Å²) in [6, 6.07) is 8.51. The molecule has 0 spiro atoms. The van der Waals surface area contributed by atoms with Crippen molar-refractivity contribution >= 4 is 16.9 Å². The number of nitrogens with zero attached hydrogens (tertiary/aromatic N) is 1. The first-order chi connectivity index (χ1) is 13.4. The van der Waals surface area contributed by atoms with Crippen LogP contribution in [0.3, 0.4) is 0 Å². The SMILES string of the molecule is C=CC=C(/C(C)=C\C)C(/C(C)=N\C=C\C)=c1\cccc\c1=C(C)/C(C)=C/C=C. The third kappa shape index (κ3) is 5.79. The first-order valence-corrected chi connectivity index (χ1v) is 9.65. The minimum absolute atomic E-state index is 0.970. The van der Waals surface area contributed by atoms with Crippen LogP contribution < -0.4 is 10.4 Å². The minimum Gasteiger partial charge on any atom is -0.261 e. The van der Waals surface area contributed by atoms with E-state index in [0.717, 1.165) is 22.1 Å². The van der Waals surface area contributed by atoms with Crippen LogP contribution >= 0.6 is 0 Å². The Morgan fingerprint density at radius 3 is 2.00 bits per heavy atom. The zero-order valence-electron chi connectivity index (χ0n) is 18.2. The Morgan fingerprint density at radius 1 is 0.857 bits per heavy atom. The number of aliphatic imine (C=N–C) groups is 1. The molecule has 1 nitrogen and oxygen atoms in total. The Balaban J connectivity index is 4.28. The normalized spacial score (nSPS) is 16.2. The molecule has 0 bridgehead atoms. The van der Waals surface area contributed by atoms with Gasteiger partial charge in [0.2, 0.25) is 0 Å². The maximum Gasteiger partial charge on any atom is 0.0457 e. The summed E-state index contributed by atoms with van der Waals surface area (Å²) in [7, 11) is 0. The van der Waals surface area contributed by atoms with E-state index in [1.807, 2.05) is 37.4 Å². The lowest BCUT2D eigenvalue weighted by molar-refractivity contribution is 1.36. The predicted molar refractivity (Wildman–Crippen MR) is 128 cm³/mol. The molecule has 0 radical (unpaired) electrons. The van der Waals surface area contributed by atoms with Gasteiger partial charge in [-0.15, -0.1) is 0 Å². The van der Waals surface area contributed by atoms with E-state index in [4.69, 9.17) is 0 Å². The first-order valence-electron chi connectivity index (χ1n) is 9.65. The highest BCUT2D eigenvalue weighted by atomic mass is 14.7. The van der Waals surface area contributed by atoms with E-state index in [-0.39, 0.29) is 0 Å². The van der Waals surface area contributed by atoms with Crippen LogP contribution in [0.25, 0.3) is 11.1 Å². The Morgan fingerprint density at radius 2 is 1.46 bits per heavy atom. The average molecular weight is 372 g/mol. The molecule has 0 aliphatic rings. The van der Waals surface area contributed by atoms with E-state index in [1.54, 1.807) is 0 Å². The number of hydrogen-bond donors (Lipinski definition) is 0. The summed E-state index contributed by atoms with van der Waals surface area (Å²) in [5.41, 5.74) is 6.84. The third-order valence-electron chi connectivity index (χ3n) is 4.75. The van der Waals surface area contributed by atoms with Gasteiger partial charge in [-0.05, 0) is 74.3 Å².